The second-order valence-corrected chi connectivity index (χ2v) is 8.11. The predicted octanol–water partition coefficient (Wildman–Crippen LogP) is 0.178. The number of anilines is 1. The molecule has 0 fully saturated rings. The van der Waals surface area contributed by atoms with E-state index in [4.69, 9.17) is 19.3 Å². The summed E-state index contributed by atoms with van der Waals surface area (Å²) < 4.78 is 34.9. The summed E-state index contributed by atoms with van der Waals surface area (Å²) >= 11 is 0. The van der Waals surface area contributed by atoms with Crippen LogP contribution in [0.3, 0.4) is 0 Å². The lowest BCUT2D eigenvalue weighted by Crippen LogP contribution is -2.30. The van der Waals surface area contributed by atoms with Crippen molar-refractivity contribution in [3.8, 4) is 0 Å². The van der Waals surface area contributed by atoms with Gasteiger partial charge in [0.15, 0.2) is 0 Å². The van der Waals surface area contributed by atoms with Gasteiger partial charge in [-0.05, 0) is 36.9 Å². The third-order valence-corrected chi connectivity index (χ3v) is 4.98. The Bertz CT molecular complexity index is 751. The number of rotatable bonds is 11. The normalized spacial score (nSPS) is 13.5. The van der Waals surface area contributed by atoms with Gasteiger partial charge in [0.2, 0.25) is 5.91 Å². The SMILES string of the molecule is CCC(CC(C)C(=O)Nc1ccc(B(O)O)cc1)C(=O)OCCCS(=O)(=O)O. The van der Waals surface area contributed by atoms with Gasteiger partial charge in [-0.3, -0.25) is 14.1 Å². The zero-order valence-electron chi connectivity index (χ0n) is 15.9. The number of hydrogen-bond donors (Lipinski definition) is 4. The van der Waals surface area contributed by atoms with Gasteiger partial charge in [0.1, 0.15) is 0 Å². The van der Waals surface area contributed by atoms with E-state index >= 15 is 0 Å². The van der Waals surface area contributed by atoms with Crippen molar-refractivity contribution >= 4 is 40.3 Å². The van der Waals surface area contributed by atoms with Gasteiger partial charge in [-0.1, -0.05) is 26.0 Å². The summed E-state index contributed by atoms with van der Waals surface area (Å²) in [4.78, 5) is 24.4. The number of carbonyl (C=O) groups excluding carboxylic acids is 2. The Morgan fingerprint density at radius 1 is 1.21 bits per heavy atom. The van der Waals surface area contributed by atoms with Crippen molar-refractivity contribution in [1.29, 1.82) is 0 Å². The molecule has 2 atom stereocenters. The standard InChI is InChI=1S/C17H26BNO8S/c1-3-13(17(21)27-9-4-10-28(24,25)26)11-12(2)16(20)19-15-7-5-14(6-8-15)18(22)23/h5-8,12-13,22-23H,3-4,9-11H2,1-2H3,(H,19,20)(H,24,25,26). The molecule has 2 unspecified atom stereocenters. The molecule has 156 valence electrons. The quantitative estimate of drug-likeness (QED) is 0.173. The number of nitrogens with one attached hydrogen (secondary N) is 1. The Balaban J connectivity index is 2.51. The Morgan fingerprint density at radius 3 is 2.32 bits per heavy atom. The molecule has 28 heavy (non-hydrogen) atoms. The van der Waals surface area contributed by atoms with Crippen LogP contribution in [-0.2, 0) is 24.4 Å². The maximum atomic E-state index is 12.3. The second-order valence-electron chi connectivity index (χ2n) is 6.53. The Morgan fingerprint density at radius 2 is 1.82 bits per heavy atom. The summed E-state index contributed by atoms with van der Waals surface area (Å²) in [6, 6.07) is 6.04. The maximum absolute atomic E-state index is 12.3. The molecule has 0 aliphatic carbocycles. The van der Waals surface area contributed by atoms with E-state index in [0.717, 1.165) is 0 Å². The van der Waals surface area contributed by atoms with E-state index < -0.39 is 40.8 Å². The van der Waals surface area contributed by atoms with Crippen LogP contribution in [0.2, 0.25) is 0 Å². The largest absolute Gasteiger partial charge is 0.488 e. The molecular weight excluding hydrogens is 389 g/mol. The molecule has 0 aromatic heterocycles. The van der Waals surface area contributed by atoms with E-state index in [0.29, 0.717) is 17.6 Å². The molecule has 1 aromatic rings. The monoisotopic (exact) mass is 415 g/mol. The molecule has 11 heteroatoms. The van der Waals surface area contributed by atoms with Gasteiger partial charge in [0, 0.05) is 11.6 Å². The van der Waals surface area contributed by atoms with E-state index in [-0.39, 0.29) is 25.4 Å². The highest BCUT2D eigenvalue weighted by Crippen LogP contribution is 2.19. The fourth-order valence-corrected chi connectivity index (χ4v) is 2.98. The van der Waals surface area contributed by atoms with Crippen LogP contribution in [0.5, 0.6) is 0 Å². The minimum atomic E-state index is -4.09. The van der Waals surface area contributed by atoms with Crippen molar-refractivity contribution in [3.63, 3.8) is 0 Å². The number of amides is 1. The van der Waals surface area contributed by atoms with E-state index in [2.05, 4.69) is 5.32 Å². The fraction of sp³-hybridized carbons (Fsp3) is 0.529. The molecule has 0 aliphatic rings. The Kier molecular flexibility index (Phi) is 9.60. The van der Waals surface area contributed by atoms with E-state index in [1.165, 1.54) is 12.1 Å². The third kappa shape index (κ3) is 8.83. The summed E-state index contributed by atoms with van der Waals surface area (Å²) in [5.74, 6) is -2.30. The molecule has 1 amide bonds. The second kappa shape index (κ2) is 11.2. The lowest BCUT2D eigenvalue weighted by Gasteiger charge is -2.18. The Hall–Kier alpha value is -1.95. The molecule has 0 bridgehead atoms. The van der Waals surface area contributed by atoms with Crippen molar-refractivity contribution < 1.29 is 37.3 Å². The topological polar surface area (TPSA) is 150 Å². The van der Waals surface area contributed by atoms with Gasteiger partial charge in [-0.25, -0.2) is 0 Å². The van der Waals surface area contributed by atoms with Gasteiger partial charge >= 0.3 is 13.1 Å². The summed E-state index contributed by atoms with van der Waals surface area (Å²) in [7, 11) is -5.67. The van der Waals surface area contributed by atoms with Crippen LogP contribution >= 0.6 is 0 Å². The smallest absolute Gasteiger partial charge is 0.465 e. The van der Waals surface area contributed by atoms with Crippen molar-refractivity contribution in [2.75, 3.05) is 17.7 Å². The molecule has 1 rings (SSSR count). The molecule has 1 aromatic carbocycles. The first-order valence-electron chi connectivity index (χ1n) is 8.92. The molecule has 0 saturated carbocycles. The van der Waals surface area contributed by atoms with Gasteiger partial charge in [-0.2, -0.15) is 8.42 Å². The van der Waals surface area contributed by atoms with Crippen molar-refractivity contribution in [2.45, 2.75) is 33.1 Å². The highest BCUT2D eigenvalue weighted by Gasteiger charge is 2.24. The maximum Gasteiger partial charge on any atom is 0.488 e. The number of hydrogen-bond acceptors (Lipinski definition) is 7. The lowest BCUT2D eigenvalue weighted by atomic mass is 9.80. The first kappa shape index (κ1) is 24.1. The molecule has 0 radical (unpaired) electrons. The number of carbonyl (C=O) groups is 2. The van der Waals surface area contributed by atoms with E-state index in [1.54, 1.807) is 26.0 Å². The molecule has 0 heterocycles. The van der Waals surface area contributed by atoms with Crippen LogP contribution in [-0.4, -0.2) is 54.4 Å². The number of esters is 1. The highest BCUT2D eigenvalue weighted by molar-refractivity contribution is 7.85. The minimum Gasteiger partial charge on any atom is -0.465 e. The van der Waals surface area contributed by atoms with Gasteiger partial charge in [0.05, 0.1) is 18.3 Å². The average Bonchev–Trinajstić information content (AvgIpc) is 2.62. The first-order chi connectivity index (χ1) is 13.0. The van der Waals surface area contributed by atoms with Crippen molar-refractivity contribution in [3.05, 3.63) is 24.3 Å². The van der Waals surface area contributed by atoms with Gasteiger partial charge in [-0.15, -0.1) is 0 Å². The van der Waals surface area contributed by atoms with Crippen LogP contribution in [0.15, 0.2) is 24.3 Å². The zero-order valence-corrected chi connectivity index (χ0v) is 16.7. The van der Waals surface area contributed by atoms with Crippen LogP contribution in [0.4, 0.5) is 5.69 Å². The lowest BCUT2D eigenvalue weighted by molar-refractivity contribution is -0.149. The molecule has 4 N–H and O–H groups in total. The summed E-state index contributed by atoms with van der Waals surface area (Å²) in [6.07, 6.45) is 0.709. The molecule has 0 aliphatic heterocycles. The fourth-order valence-electron chi connectivity index (χ4n) is 2.50. The van der Waals surface area contributed by atoms with Crippen molar-refractivity contribution in [2.24, 2.45) is 11.8 Å². The van der Waals surface area contributed by atoms with E-state index in [9.17, 15) is 18.0 Å². The molecule has 9 nitrogen and oxygen atoms in total. The number of benzene rings is 1. The van der Waals surface area contributed by atoms with Crippen LogP contribution < -0.4 is 10.8 Å². The number of ether oxygens (including phenoxy) is 1. The van der Waals surface area contributed by atoms with Crippen molar-refractivity contribution in [1.82, 2.24) is 0 Å². The van der Waals surface area contributed by atoms with Crippen LogP contribution in [0, 0.1) is 11.8 Å². The van der Waals surface area contributed by atoms with Gasteiger partial charge < -0.3 is 20.1 Å². The molecule has 0 saturated heterocycles. The van der Waals surface area contributed by atoms with E-state index in [1.807, 2.05) is 0 Å². The molecule has 0 spiro atoms. The molecular formula is C17H26BNO8S. The van der Waals surface area contributed by atoms with Crippen LogP contribution in [0.1, 0.15) is 33.1 Å². The summed E-state index contributed by atoms with van der Waals surface area (Å²) in [6.45, 7) is 3.34. The average molecular weight is 415 g/mol. The third-order valence-electron chi connectivity index (χ3n) is 4.18. The predicted molar refractivity (Wildman–Crippen MR) is 104 cm³/mol. The first-order valence-corrected chi connectivity index (χ1v) is 10.5. The van der Waals surface area contributed by atoms with Gasteiger partial charge in [0.25, 0.3) is 10.1 Å². The zero-order chi connectivity index (χ0) is 21.3. The summed E-state index contributed by atoms with van der Waals surface area (Å²) in [5.41, 5.74) is 0.788. The Labute approximate surface area is 165 Å². The van der Waals surface area contributed by atoms with Crippen LogP contribution in [0.25, 0.3) is 0 Å². The summed E-state index contributed by atoms with van der Waals surface area (Å²) in [5, 5.41) is 20.8. The minimum absolute atomic E-state index is 0.00439. The highest BCUT2D eigenvalue weighted by atomic mass is 32.2.